The molecule has 2 bridgehead atoms. The van der Waals surface area contributed by atoms with Crippen molar-refractivity contribution in [1.29, 1.82) is 0 Å². The number of carbonyl (C=O) groups is 1. The van der Waals surface area contributed by atoms with Crippen molar-refractivity contribution in [3.63, 3.8) is 0 Å². The molecule has 2 fully saturated rings. The number of carbonyl (C=O) groups excluding carboxylic acids is 1. The van der Waals surface area contributed by atoms with Crippen LogP contribution < -0.4 is 15.5 Å². The molecule has 2 aromatic rings. The molecule has 2 N–H and O–H groups in total. The Morgan fingerprint density at radius 2 is 1.94 bits per heavy atom. The number of anilines is 4. The van der Waals surface area contributed by atoms with E-state index in [-0.39, 0.29) is 34.2 Å². The summed E-state index contributed by atoms with van der Waals surface area (Å²) < 4.78 is 14.6. The summed E-state index contributed by atoms with van der Waals surface area (Å²) >= 11 is 2.12. The van der Waals surface area contributed by atoms with Crippen LogP contribution in [-0.4, -0.2) is 75.6 Å². The molecule has 1 aliphatic heterocycles. The van der Waals surface area contributed by atoms with Gasteiger partial charge in [0.1, 0.15) is 0 Å². The standard InChI is InChI=1S/C24H28AsFN6O/c1-14-11-17(5-6-19(14)32-9-7-31(2)8-10-32)28-24-27-13-18(26)23(30-24)29-21-16-4-3-15(12-16)20(21)22(25)33/h3-6,11,13,15-16,20-21H,7-10,12H2,1-2H3,(H2,27,28,29,30). The van der Waals surface area contributed by atoms with Crippen LogP contribution in [-0.2, 0) is 4.79 Å². The normalized spacial score (nSPS) is 26.6. The molecule has 9 heteroatoms. The number of fused-ring (bicyclic) bond motifs is 2. The third-order valence-electron chi connectivity index (χ3n) is 7.09. The topological polar surface area (TPSA) is 73.4 Å². The van der Waals surface area contributed by atoms with E-state index in [0.717, 1.165) is 38.3 Å². The predicted octanol–water partition coefficient (Wildman–Crippen LogP) is 2.72. The van der Waals surface area contributed by atoms with Gasteiger partial charge in [0.05, 0.1) is 0 Å². The summed E-state index contributed by atoms with van der Waals surface area (Å²) in [5, 5.41) is 6.41. The minimum atomic E-state index is -0.523. The smallest absolute Gasteiger partial charge is 0.369 e. The van der Waals surface area contributed by atoms with Crippen LogP contribution in [0.2, 0.25) is 0 Å². The molecular formula is C24H28AsFN6O. The summed E-state index contributed by atoms with van der Waals surface area (Å²) in [4.78, 5) is 25.4. The second kappa shape index (κ2) is 9.07. The predicted molar refractivity (Wildman–Crippen MR) is 129 cm³/mol. The molecule has 172 valence electrons. The Hall–Kier alpha value is -2.44. The van der Waals surface area contributed by atoms with Crippen LogP contribution in [0.5, 0.6) is 0 Å². The van der Waals surface area contributed by atoms with Crippen molar-refractivity contribution >= 4 is 44.6 Å². The second-order valence-electron chi connectivity index (χ2n) is 9.29. The molecule has 3 aliphatic rings. The van der Waals surface area contributed by atoms with E-state index >= 15 is 0 Å². The van der Waals surface area contributed by atoms with Gasteiger partial charge in [-0.15, -0.1) is 0 Å². The summed E-state index contributed by atoms with van der Waals surface area (Å²) in [6.07, 6.45) is 6.32. The van der Waals surface area contributed by atoms with E-state index in [1.165, 1.54) is 17.4 Å². The van der Waals surface area contributed by atoms with Crippen LogP contribution in [0.15, 0.2) is 36.5 Å². The van der Waals surface area contributed by atoms with E-state index < -0.39 is 5.82 Å². The van der Waals surface area contributed by atoms with Gasteiger partial charge in [-0.1, -0.05) is 0 Å². The van der Waals surface area contributed by atoms with Gasteiger partial charge in [-0.25, -0.2) is 0 Å². The first-order valence-electron chi connectivity index (χ1n) is 11.4. The Balaban J connectivity index is 1.31. The zero-order valence-corrected chi connectivity index (χ0v) is 20.7. The van der Waals surface area contributed by atoms with E-state index in [4.69, 9.17) is 0 Å². The van der Waals surface area contributed by atoms with Gasteiger partial charge >= 0.3 is 159 Å². The van der Waals surface area contributed by atoms with Gasteiger partial charge in [0, 0.05) is 26.2 Å². The number of allylic oxidation sites excluding steroid dienone is 1. The van der Waals surface area contributed by atoms with E-state index in [9.17, 15) is 9.18 Å². The minimum Gasteiger partial charge on any atom is -0.369 e. The van der Waals surface area contributed by atoms with Crippen molar-refractivity contribution in [3.05, 3.63) is 47.9 Å². The molecule has 2 aliphatic carbocycles. The quantitative estimate of drug-likeness (QED) is 0.458. The number of hydrogen-bond acceptors (Lipinski definition) is 7. The van der Waals surface area contributed by atoms with Gasteiger partial charge in [0.25, 0.3) is 0 Å². The Labute approximate surface area is 202 Å². The van der Waals surface area contributed by atoms with Crippen molar-refractivity contribution < 1.29 is 9.18 Å². The third kappa shape index (κ3) is 4.51. The van der Waals surface area contributed by atoms with E-state index in [2.05, 4.69) is 85.5 Å². The fourth-order valence-corrected chi connectivity index (χ4v) is 6.05. The van der Waals surface area contributed by atoms with Gasteiger partial charge < -0.3 is 9.80 Å². The summed E-state index contributed by atoms with van der Waals surface area (Å²) in [7, 11) is 2.15. The molecule has 1 aromatic carbocycles. The number of piperazine rings is 1. The molecular weight excluding hydrogens is 482 g/mol. The number of benzene rings is 1. The molecule has 0 amide bonds. The van der Waals surface area contributed by atoms with Gasteiger partial charge in [0.2, 0.25) is 0 Å². The summed E-state index contributed by atoms with van der Waals surface area (Å²) in [5.74, 6) is 0.180. The molecule has 5 rings (SSSR count). The number of nitrogens with zero attached hydrogens (tertiary/aromatic N) is 4. The first-order valence-corrected chi connectivity index (χ1v) is 12.3. The van der Waals surface area contributed by atoms with Crippen molar-refractivity contribution in [2.45, 2.75) is 19.4 Å². The van der Waals surface area contributed by atoms with Crippen LogP contribution in [0.25, 0.3) is 0 Å². The Kier molecular flexibility index (Phi) is 6.14. The van der Waals surface area contributed by atoms with Gasteiger partial charge in [0.15, 0.2) is 0 Å². The average molecular weight is 510 g/mol. The van der Waals surface area contributed by atoms with Crippen LogP contribution >= 0.6 is 0 Å². The summed E-state index contributed by atoms with van der Waals surface area (Å²) in [5.41, 5.74) is 3.25. The van der Waals surface area contributed by atoms with Gasteiger partial charge in [-0.3, -0.25) is 0 Å². The zero-order valence-electron chi connectivity index (χ0n) is 18.8. The number of halogens is 1. The SMILES string of the molecule is Cc1cc(Nc2ncc(F)c(NC3C4C=CC(C4)C3C(=O)[As])n2)ccc1N1CCN(C)CC1. The minimum absolute atomic E-state index is 0.0700. The maximum atomic E-state index is 14.6. The molecule has 1 saturated heterocycles. The van der Waals surface area contributed by atoms with Gasteiger partial charge in [-0.2, -0.15) is 0 Å². The Bertz CT molecular complexity index is 1090. The number of aryl methyl sites for hydroxylation is 1. The van der Waals surface area contributed by atoms with E-state index in [0.29, 0.717) is 5.95 Å². The van der Waals surface area contributed by atoms with Crippen molar-refractivity contribution in [3.8, 4) is 0 Å². The molecule has 4 atom stereocenters. The van der Waals surface area contributed by atoms with Crippen LogP contribution in [0, 0.1) is 30.5 Å². The summed E-state index contributed by atoms with van der Waals surface area (Å²) in [6, 6.07) is 6.03. The first-order chi connectivity index (χ1) is 15.9. The maximum absolute atomic E-state index is 14.6. The molecule has 7 nitrogen and oxygen atoms in total. The number of likely N-dealkylation sites (N-methyl/N-ethyl adjacent to an activating group) is 1. The number of nitrogens with one attached hydrogen (secondary N) is 2. The number of rotatable bonds is 6. The first kappa shape index (κ1) is 22.4. The third-order valence-corrected chi connectivity index (χ3v) is 7.71. The summed E-state index contributed by atoms with van der Waals surface area (Å²) in [6.45, 7) is 6.23. The Morgan fingerprint density at radius 1 is 1.18 bits per heavy atom. The molecule has 4 unspecified atom stereocenters. The van der Waals surface area contributed by atoms with Crippen LogP contribution in [0.3, 0.4) is 0 Å². The zero-order chi connectivity index (χ0) is 23.1. The van der Waals surface area contributed by atoms with E-state index in [1.54, 1.807) is 0 Å². The molecule has 0 spiro atoms. The van der Waals surface area contributed by atoms with Crippen molar-refractivity contribution in [2.75, 3.05) is 48.8 Å². The van der Waals surface area contributed by atoms with Gasteiger partial charge in [-0.05, 0) is 7.05 Å². The molecule has 1 saturated carbocycles. The van der Waals surface area contributed by atoms with Crippen molar-refractivity contribution in [2.24, 2.45) is 17.8 Å². The van der Waals surface area contributed by atoms with Crippen molar-refractivity contribution in [1.82, 2.24) is 14.9 Å². The molecule has 2 heterocycles. The second-order valence-corrected chi connectivity index (χ2v) is 10.2. The fourth-order valence-electron chi connectivity index (χ4n) is 5.31. The fraction of sp³-hybridized carbons (Fsp3) is 0.458. The molecule has 1 aromatic heterocycles. The van der Waals surface area contributed by atoms with Crippen LogP contribution in [0.1, 0.15) is 12.0 Å². The Morgan fingerprint density at radius 3 is 2.67 bits per heavy atom. The average Bonchev–Trinajstić information content (AvgIpc) is 3.39. The molecule has 2 radical (unpaired) electrons. The molecule has 33 heavy (non-hydrogen) atoms. The van der Waals surface area contributed by atoms with Crippen LogP contribution in [0.4, 0.5) is 27.5 Å². The number of aromatic nitrogens is 2. The monoisotopic (exact) mass is 510 g/mol. The number of hydrogen-bond donors (Lipinski definition) is 2. The van der Waals surface area contributed by atoms with E-state index in [1.807, 2.05) is 6.07 Å².